The molecule has 20 heavy (non-hydrogen) atoms. The average Bonchev–Trinajstić information content (AvgIpc) is 2.94. The molecule has 2 amide bonds. The largest absolute Gasteiger partial charge is 0.273 e. The van der Waals surface area contributed by atoms with E-state index in [1.165, 1.54) is 0 Å². The van der Waals surface area contributed by atoms with E-state index >= 15 is 0 Å². The maximum absolute atomic E-state index is 12.4. The highest BCUT2D eigenvalue weighted by Crippen LogP contribution is 2.18. The van der Waals surface area contributed by atoms with Gasteiger partial charge in [-0.3, -0.25) is 14.6 Å². The summed E-state index contributed by atoms with van der Waals surface area (Å²) in [7, 11) is 0. The van der Waals surface area contributed by atoms with Gasteiger partial charge in [-0.15, -0.1) is 0 Å². The quantitative estimate of drug-likeness (QED) is 0.796. The summed E-state index contributed by atoms with van der Waals surface area (Å²) in [6, 6.07) is 7.18. The lowest BCUT2D eigenvalue weighted by Crippen LogP contribution is -2.44. The van der Waals surface area contributed by atoms with Gasteiger partial charge in [0.15, 0.2) is 0 Å². The predicted octanol–water partition coefficient (Wildman–Crippen LogP) is 3.00. The van der Waals surface area contributed by atoms with E-state index in [0.717, 1.165) is 10.9 Å². The van der Waals surface area contributed by atoms with E-state index in [9.17, 15) is 9.59 Å². The molecule has 106 valence electrons. The Bertz CT molecular complexity index is 525. The zero-order chi connectivity index (χ0) is 14.5. The third-order valence-corrected chi connectivity index (χ3v) is 3.70. The number of carbonyl (C=O) groups excluding carboxylic acids is 2. The summed E-state index contributed by atoms with van der Waals surface area (Å²) < 4.78 is 0.927. The zero-order valence-electron chi connectivity index (χ0n) is 11.4. The van der Waals surface area contributed by atoms with E-state index in [4.69, 9.17) is 0 Å². The van der Waals surface area contributed by atoms with Gasteiger partial charge in [0.25, 0.3) is 5.91 Å². The molecular formula is C15H17BrN2O2. The summed E-state index contributed by atoms with van der Waals surface area (Å²) in [4.78, 5) is 24.5. The van der Waals surface area contributed by atoms with Crippen LogP contribution < -0.4 is 0 Å². The van der Waals surface area contributed by atoms with Crippen LogP contribution in [0.2, 0.25) is 0 Å². The van der Waals surface area contributed by atoms with Crippen LogP contribution in [-0.4, -0.2) is 34.9 Å². The normalized spacial score (nSPS) is 15.1. The second-order valence-corrected chi connectivity index (χ2v) is 5.49. The van der Waals surface area contributed by atoms with Crippen molar-refractivity contribution >= 4 is 27.7 Å². The molecule has 0 atom stereocenters. The van der Waals surface area contributed by atoms with E-state index in [-0.39, 0.29) is 11.8 Å². The van der Waals surface area contributed by atoms with Crippen LogP contribution in [0.15, 0.2) is 40.9 Å². The fraction of sp³-hybridized carbons (Fsp3) is 0.333. The van der Waals surface area contributed by atoms with Crippen molar-refractivity contribution in [3.8, 4) is 0 Å². The second-order valence-electron chi connectivity index (χ2n) is 4.58. The summed E-state index contributed by atoms with van der Waals surface area (Å²) in [6.45, 7) is 3.08. The summed E-state index contributed by atoms with van der Waals surface area (Å²) in [6.07, 6.45) is 4.81. The first-order chi connectivity index (χ1) is 9.63. The van der Waals surface area contributed by atoms with E-state index < -0.39 is 0 Å². The van der Waals surface area contributed by atoms with Gasteiger partial charge < -0.3 is 0 Å². The van der Waals surface area contributed by atoms with Gasteiger partial charge in [0.2, 0.25) is 5.91 Å². The number of carbonyl (C=O) groups is 2. The van der Waals surface area contributed by atoms with Crippen LogP contribution in [-0.2, 0) is 4.79 Å². The summed E-state index contributed by atoms with van der Waals surface area (Å²) in [5, 5.41) is 3.11. The second kappa shape index (κ2) is 6.70. The molecule has 1 aliphatic rings. The smallest absolute Gasteiger partial charge is 0.272 e. The van der Waals surface area contributed by atoms with Crippen LogP contribution in [0.25, 0.3) is 0 Å². The fourth-order valence-corrected chi connectivity index (χ4v) is 2.41. The molecule has 0 saturated carbocycles. The van der Waals surface area contributed by atoms with Crippen molar-refractivity contribution in [2.75, 3.05) is 13.1 Å². The monoisotopic (exact) mass is 336 g/mol. The van der Waals surface area contributed by atoms with Crippen LogP contribution in [0.1, 0.15) is 30.1 Å². The van der Waals surface area contributed by atoms with Crippen LogP contribution in [0.3, 0.4) is 0 Å². The molecule has 1 saturated heterocycles. The van der Waals surface area contributed by atoms with Crippen molar-refractivity contribution in [3.63, 3.8) is 0 Å². The van der Waals surface area contributed by atoms with Gasteiger partial charge in [-0.05, 0) is 37.6 Å². The Morgan fingerprint density at radius 1 is 1.20 bits per heavy atom. The summed E-state index contributed by atoms with van der Waals surface area (Å²) in [5.74, 6) is -0.158. The van der Waals surface area contributed by atoms with Gasteiger partial charge in [0, 0.05) is 29.5 Å². The molecule has 5 heteroatoms. The molecule has 1 heterocycles. The number of hydrogen-bond acceptors (Lipinski definition) is 2. The van der Waals surface area contributed by atoms with Gasteiger partial charge >= 0.3 is 0 Å². The number of halogens is 1. The molecule has 0 aromatic heterocycles. The van der Waals surface area contributed by atoms with Gasteiger partial charge in [-0.2, -0.15) is 0 Å². The first-order valence-corrected chi connectivity index (χ1v) is 7.41. The van der Waals surface area contributed by atoms with E-state index in [2.05, 4.69) is 15.9 Å². The maximum Gasteiger partial charge on any atom is 0.272 e. The Hall–Kier alpha value is -1.62. The summed E-state index contributed by atoms with van der Waals surface area (Å²) in [5.41, 5.74) is 0.596. The average molecular weight is 337 g/mol. The number of amides is 2. The molecule has 0 bridgehead atoms. The Labute approximate surface area is 127 Å². The molecule has 0 N–H and O–H groups in total. The molecule has 0 spiro atoms. The lowest BCUT2D eigenvalue weighted by Gasteiger charge is -2.27. The standard InChI is InChI=1S/C15H17BrN2O2/c1-2-3-5-14(19)17-10-4-11-18(17)15(20)12-6-8-13(16)9-7-12/h2-3,6-9H,4-5,10-11H2,1H3. The third-order valence-electron chi connectivity index (χ3n) is 3.17. The van der Waals surface area contributed by atoms with Crippen LogP contribution in [0.5, 0.6) is 0 Å². The number of benzene rings is 1. The molecule has 1 aliphatic heterocycles. The molecule has 1 fully saturated rings. The van der Waals surface area contributed by atoms with Crippen molar-refractivity contribution in [2.45, 2.75) is 19.8 Å². The number of allylic oxidation sites excluding steroid dienone is 1. The molecule has 0 unspecified atom stereocenters. The minimum absolute atomic E-state index is 0.0361. The Balaban J connectivity index is 2.12. The van der Waals surface area contributed by atoms with Crippen LogP contribution >= 0.6 is 15.9 Å². The van der Waals surface area contributed by atoms with Crippen LogP contribution in [0, 0.1) is 0 Å². The highest BCUT2D eigenvalue weighted by Gasteiger charge is 2.30. The number of nitrogens with zero attached hydrogens (tertiary/aromatic N) is 2. The van der Waals surface area contributed by atoms with Gasteiger partial charge in [0.1, 0.15) is 0 Å². The fourth-order valence-electron chi connectivity index (χ4n) is 2.15. The van der Waals surface area contributed by atoms with Crippen molar-refractivity contribution < 1.29 is 9.59 Å². The van der Waals surface area contributed by atoms with Crippen molar-refractivity contribution in [1.29, 1.82) is 0 Å². The minimum atomic E-state index is -0.121. The number of rotatable bonds is 3. The molecule has 2 rings (SSSR count). The van der Waals surface area contributed by atoms with Crippen molar-refractivity contribution in [2.24, 2.45) is 0 Å². The molecule has 1 aromatic rings. The molecule has 4 nitrogen and oxygen atoms in total. The lowest BCUT2D eigenvalue weighted by atomic mass is 10.2. The Morgan fingerprint density at radius 3 is 2.50 bits per heavy atom. The predicted molar refractivity (Wildman–Crippen MR) is 80.9 cm³/mol. The number of hydrazine groups is 1. The van der Waals surface area contributed by atoms with E-state index in [0.29, 0.717) is 25.1 Å². The topological polar surface area (TPSA) is 40.6 Å². The molecule has 1 aromatic carbocycles. The Kier molecular flexibility index (Phi) is 4.95. The van der Waals surface area contributed by atoms with Crippen LogP contribution in [0.4, 0.5) is 0 Å². The molecule has 0 aliphatic carbocycles. The first-order valence-electron chi connectivity index (χ1n) is 6.62. The summed E-state index contributed by atoms with van der Waals surface area (Å²) >= 11 is 3.34. The highest BCUT2D eigenvalue weighted by atomic mass is 79.9. The molecular weight excluding hydrogens is 320 g/mol. The van der Waals surface area contributed by atoms with Gasteiger partial charge in [-0.25, -0.2) is 5.01 Å². The van der Waals surface area contributed by atoms with E-state index in [1.807, 2.05) is 31.2 Å². The van der Waals surface area contributed by atoms with Crippen molar-refractivity contribution in [3.05, 3.63) is 46.5 Å². The highest BCUT2D eigenvalue weighted by molar-refractivity contribution is 9.10. The molecule has 0 radical (unpaired) electrons. The SMILES string of the molecule is CC=CCC(=O)N1CCCN1C(=O)c1ccc(Br)cc1. The Morgan fingerprint density at radius 2 is 1.85 bits per heavy atom. The van der Waals surface area contributed by atoms with Crippen molar-refractivity contribution in [1.82, 2.24) is 10.0 Å². The lowest BCUT2D eigenvalue weighted by molar-refractivity contribution is -0.139. The zero-order valence-corrected chi connectivity index (χ0v) is 13.0. The van der Waals surface area contributed by atoms with E-state index in [1.54, 1.807) is 22.2 Å². The first kappa shape index (κ1) is 14.8. The minimum Gasteiger partial charge on any atom is -0.273 e. The number of hydrogen-bond donors (Lipinski definition) is 0. The van der Waals surface area contributed by atoms with Gasteiger partial charge in [-0.1, -0.05) is 28.1 Å². The van der Waals surface area contributed by atoms with Gasteiger partial charge in [0.05, 0.1) is 0 Å². The third kappa shape index (κ3) is 3.28. The maximum atomic E-state index is 12.4.